The molecule has 0 radical (unpaired) electrons. The van der Waals surface area contributed by atoms with Gasteiger partial charge in [-0.05, 0) is 79.8 Å². The van der Waals surface area contributed by atoms with E-state index in [1.54, 1.807) is 18.4 Å². The van der Waals surface area contributed by atoms with Crippen molar-refractivity contribution in [3.63, 3.8) is 0 Å². The molecular weight excluding hydrogens is 446 g/mol. The quantitative estimate of drug-likeness (QED) is 0.296. The van der Waals surface area contributed by atoms with E-state index in [4.69, 9.17) is 4.74 Å². The second kappa shape index (κ2) is 11.0. The van der Waals surface area contributed by atoms with Gasteiger partial charge in [0.2, 0.25) is 5.91 Å². The Hall–Kier alpha value is -2.92. The van der Waals surface area contributed by atoms with Gasteiger partial charge in [0.05, 0.1) is 29.5 Å². The Kier molecular flexibility index (Phi) is 7.84. The SMILES string of the molecule is COc1ccc2ncc(C)c(CCCC3(C(=O)NO)CCN(CC#Cc4cccs4)CC3)c2c1. The number of hydrogen-bond donors (Lipinski definition) is 2. The summed E-state index contributed by atoms with van der Waals surface area (Å²) in [6.45, 7) is 4.35. The van der Waals surface area contributed by atoms with Gasteiger partial charge in [0.25, 0.3) is 0 Å². The van der Waals surface area contributed by atoms with Crippen molar-refractivity contribution in [3.05, 3.63) is 57.9 Å². The topological polar surface area (TPSA) is 74.7 Å². The number of nitrogens with zero attached hydrogens (tertiary/aromatic N) is 2. The maximum Gasteiger partial charge on any atom is 0.249 e. The van der Waals surface area contributed by atoms with Gasteiger partial charge < -0.3 is 4.74 Å². The molecule has 0 aliphatic carbocycles. The number of carbonyl (C=O) groups is 1. The molecule has 1 aromatic carbocycles. The Morgan fingerprint density at radius 2 is 2.15 bits per heavy atom. The molecule has 3 aromatic rings. The number of thiophene rings is 1. The Balaban J connectivity index is 1.41. The molecule has 1 aliphatic heterocycles. The largest absolute Gasteiger partial charge is 0.497 e. The molecule has 1 fully saturated rings. The third-order valence-electron chi connectivity index (χ3n) is 6.92. The summed E-state index contributed by atoms with van der Waals surface area (Å²) in [5, 5.41) is 12.6. The number of aryl methyl sites for hydroxylation is 2. The Labute approximate surface area is 204 Å². The summed E-state index contributed by atoms with van der Waals surface area (Å²) in [5.41, 5.74) is 4.72. The van der Waals surface area contributed by atoms with Gasteiger partial charge in [-0.25, -0.2) is 5.48 Å². The maximum atomic E-state index is 12.7. The monoisotopic (exact) mass is 477 g/mol. The number of nitrogens with one attached hydrogen (secondary N) is 1. The summed E-state index contributed by atoms with van der Waals surface area (Å²) in [4.78, 5) is 20.6. The zero-order chi connectivity index (χ0) is 24.0. The molecule has 178 valence electrons. The number of likely N-dealkylation sites (tertiary alicyclic amines) is 1. The predicted molar refractivity (Wildman–Crippen MR) is 135 cm³/mol. The third kappa shape index (κ3) is 5.41. The Morgan fingerprint density at radius 3 is 2.85 bits per heavy atom. The molecule has 2 N–H and O–H groups in total. The van der Waals surface area contributed by atoms with Crippen LogP contribution in [0.4, 0.5) is 0 Å². The number of hydroxylamine groups is 1. The lowest BCUT2D eigenvalue weighted by atomic mass is 9.73. The van der Waals surface area contributed by atoms with E-state index in [2.05, 4.69) is 28.6 Å². The fourth-order valence-corrected chi connectivity index (χ4v) is 5.42. The van der Waals surface area contributed by atoms with Crippen LogP contribution in [0.2, 0.25) is 0 Å². The normalized spacial score (nSPS) is 15.5. The van der Waals surface area contributed by atoms with Crippen LogP contribution < -0.4 is 10.2 Å². The van der Waals surface area contributed by atoms with Crippen LogP contribution in [0.25, 0.3) is 10.9 Å². The lowest BCUT2D eigenvalue weighted by Gasteiger charge is -2.39. The minimum atomic E-state index is -0.555. The molecule has 34 heavy (non-hydrogen) atoms. The molecule has 1 saturated heterocycles. The number of fused-ring (bicyclic) bond motifs is 1. The van der Waals surface area contributed by atoms with E-state index in [0.717, 1.165) is 59.4 Å². The average molecular weight is 478 g/mol. The number of aromatic nitrogens is 1. The molecule has 7 heteroatoms. The fourth-order valence-electron chi connectivity index (χ4n) is 4.82. The first-order valence-electron chi connectivity index (χ1n) is 11.7. The average Bonchev–Trinajstić information content (AvgIpc) is 3.39. The highest BCUT2D eigenvalue weighted by Crippen LogP contribution is 2.37. The van der Waals surface area contributed by atoms with E-state index in [-0.39, 0.29) is 5.91 Å². The predicted octanol–water partition coefficient (Wildman–Crippen LogP) is 4.58. The molecule has 6 nitrogen and oxygen atoms in total. The van der Waals surface area contributed by atoms with Crippen LogP contribution in [-0.2, 0) is 11.2 Å². The van der Waals surface area contributed by atoms with Crippen molar-refractivity contribution in [2.45, 2.75) is 39.0 Å². The summed E-state index contributed by atoms with van der Waals surface area (Å²) in [5.74, 6) is 6.99. The van der Waals surface area contributed by atoms with E-state index in [9.17, 15) is 10.0 Å². The summed E-state index contributed by atoms with van der Waals surface area (Å²) >= 11 is 1.64. The van der Waals surface area contributed by atoms with E-state index >= 15 is 0 Å². The van der Waals surface area contributed by atoms with E-state index in [0.29, 0.717) is 19.4 Å². The highest BCUT2D eigenvalue weighted by atomic mass is 32.1. The van der Waals surface area contributed by atoms with Gasteiger partial charge in [-0.3, -0.25) is 19.9 Å². The Morgan fingerprint density at radius 1 is 1.32 bits per heavy atom. The number of benzene rings is 1. The summed E-state index contributed by atoms with van der Waals surface area (Å²) in [6, 6.07) is 9.97. The number of hydrogen-bond acceptors (Lipinski definition) is 6. The van der Waals surface area contributed by atoms with Gasteiger partial charge in [-0.2, -0.15) is 0 Å². The molecule has 0 bridgehead atoms. The van der Waals surface area contributed by atoms with Gasteiger partial charge in [0.1, 0.15) is 5.75 Å². The standard InChI is InChI=1S/C27H31N3O3S/c1-20-19-28-25-10-9-21(33-2)18-24(25)23(20)8-3-11-27(26(31)29-32)12-15-30(16-13-27)14-4-6-22-7-5-17-34-22/h5,7,9-10,17-19,32H,3,8,11-16H2,1-2H3,(H,29,31). The number of rotatable bonds is 7. The smallest absolute Gasteiger partial charge is 0.249 e. The molecule has 0 atom stereocenters. The van der Waals surface area contributed by atoms with Crippen LogP contribution in [0.3, 0.4) is 0 Å². The highest BCUT2D eigenvalue weighted by Gasteiger charge is 2.40. The molecule has 1 amide bonds. The van der Waals surface area contributed by atoms with Gasteiger partial charge in [0.15, 0.2) is 0 Å². The first-order valence-corrected chi connectivity index (χ1v) is 12.5. The van der Waals surface area contributed by atoms with Crippen molar-refractivity contribution < 1.29 is 14.7 Å². The van der Waals surface area contributed by atoms with Crippen LogP contribution in [0.1, 0.15) is 41.7 Å². The summed E-state index contributed by atoms with van der Waals surface area (Å²) in [7, 11) is 1.67. The minimum Gasteiger partial charge on any atom is -0.497 e. The number of carbonyl (C=O) groups excluding carboxylic acids is 1. The van der Waals surface area contributed by atoms with Gasteiger partial charge >= 0.3 is 0 Å². The van der Waals surface area contributed by atoms with Crippen LogP contribution in [0, 0.1) is 24.2 Å². The molecule has 0 spiro atoms. The number of piperidine rings is 1. The third-order valence-corrected chi connectivity index (χ3v) is 7.70. The number of methoxy groups -OCH3 is 1. The van der Waals surface area contributed by atoms with Gasteiger partial charge in [-0.1, -0.05) is 17.9 Å². The van der Waals surface area contributed by atoms with Crippen LogP contribution in [0.5, 0.6) is 5.75 Å². The molecule has 0 unspecified atom stereocenters. The highest BCUT2D eigenvalue weighted by molar-refractivity contribution is 7.10. The molecule has 1 aliphatic rings. The molecular formula is C27H31N3O3S. The van der Waals surface area contributed by atoms with Gasteiger partial charge in [0, 0.05) is 24.7 Å². The molecule has 4 rings (SSSR count). The van der Waals surface area contributed by atoms with Crippen LogP contribution in [0.15, 0.2) is 41.9 Å². The minimum absolute atomic E-state index is 0.269. The number of pyridine rings is 1. The zero-order valence-corrected chi connectivity index (χ0v) is 20.6. The second-order valence-electron chi connectivity index (χ2n) is 8.93. The van der Waals surface area contributed by atoms with Gasteiger partial charge in [-0.15, -0.1) is 11.3 Å². The summed E-state index contributed by atoms with van der Waals surface area (Å²) in [6.07, 6.45) is 5.75. The van der Waals surface area contributed by atoms with Crippen molar-refractivity contribution in [2.24, 2.45) is 5.41 Å². The second-order valence-corrected chi connectivity index (χ2v) is 9.88. The number of ether oxygens (including phenoxy) is 1. The number of amides is 1. The Bertz CT molecular complexity index is 1190. The molecule has 3 heterocycles. The zero-order valence-electron chi connectivity index (χ0n) is 19.8. The fraction of sp³-hybridized carbons (Fsp3) is 0.407. The summed E-state index contributed by atoms with van der Waals surface area (Å²) < 4.78 is 5.42. The maximum absolute atomic E-state index is 12.7. The van der Waals surface area contributed by atoms with E-state index < -0.39 is 5.41 Å². The van der Waals surface area contributed by atoms with Crippen molar-refractivity contribution in [2.75, 3.05) is 26.7 Å². The first kappa shape index (κ1) is 24.2. The molecule has 2 aromatic heterocycles. The van der Waals surface area contributed by atoms with E-state index in [1.807, 2.05) is 47.4 Å². The van der Waals surface area contributed by atoms with Crippen molar-refractivity contribution in [1.82, 2.24) is 15.4 Å². The van der Waals surface area contributed by atoms with Crippen molar-refractivity contribution in [3.8, 4) is 17.6 Å². The van der Waals surface area contributed by atoms with Crippen LogP contribution in [-0.4, -0.2) is 47.7 Å². The van der Waals surface area contributed by atoms with Crippen LogP contribution >= 0.6 is 11.3 Å². The lowest BCUT2D eigenvalue weighted by Crippen LogP contribution is -2.48. The van der Waals surface area contributed by atoms with Crippen molar-refractivity contribution in [1.29, 1.82) is 0 Å². The lowest BCUT2D eigenvalue weighted by molar-refractivity contribution is -0.143. The van der Waals surface area contributed by atoms with Crippen molar-refractivity contribution >= 4 is 28.1 Å². The molecule has 0 saturated carbocycles. The van der Waals surface area contributed by atoms with E-state index in [1.165, 1.54) is 5.56 Å². The first-order chi connectivity index (χ1) is 16.5.